The van der Waals surface area contributed by atoms with E-state index in [-0.39, 0.29) is 0 Å². The van der Waals surface area contributed by atoms with E-state index in [1.807, 2.05) is 6.07 Å². The first-order valence-electron chi connectivity index (χ1n) is 7.07. The Bertz CT molecular complexity index is 707. The Hall–Kier alpha value is -1.83. The van der Waals surface area contributed by atoms with Gasteiger partial charge in [-0.15, -0.1) is 0 Å². The molecule has 0 aliphatic heterocycles. The molecule has 2 fully saturated rings. The van der Waals surface area contributed by atoms with Crippen molar-refractivity contribution in [2.24, 2.45) is 11.8 Å². The summed E-state index contributed by atoms with van der Waals surface area (Å²) in [5, 5.41) is 1.23. The molecule has 2 nitrogen and oxygen atoms in total. The molecule has 2 bridgehead atoms. The van der Waals surface area contributed by atoms with Crippen molar-refractivity contribution in [1.82, 2.24) is 4.98 Å². The summed E-state index contributed by atoms with van der Waals surface area (Å²) in [5.41, 5.74) is 4.59. The number of benzene rings is 1. The fourth-order valence-corrected chi connectivity index (χ4v) is 3.77. The van der Waals surface area contributed by atoms with Gasteiger partial charge in [-0.2, -0.15) is 0 Å². The van der Waals surface area contributed by atoms with Crippen LogP contribution in [0.1, 0.15) is 30.5 Å². The van der Waals surface area contributed by atoms with E-state index >= 15 is 0 Å². The smallest absolute Gasteiger partial charge is 0.162 e. The van der Waals surface area contributed by atoms with E-state index in [1.54, 1.807) is 0 Å². The summed E-state index contributed by atoms with van der Waals surface area (Å²) in [6.07, 6.45) is 5.55. The number of hydrogen-bond acceptors (Lipinski definition) is 1. The molecule has 0 unspecified atom stereocenters. The molecule has 0 radical (unpaired) electrons. The van der Waals surface area contributed by atoms with E-state index in [9.17, 15) is 4.79 Å². The second-order valence-electron chi connectivity index (χ2n) is 5.88. The zero-order chi connectivity index (χ0) is 13.0. The van der Waals surface area contributed by atoms with Gasteiger partial charge in [0, 0.05) is 28.1 Å². The van der Waals surface area contributed by atoms with Gasteiger partial charge in [-0.05, 0) is 49.8 Å². The number of carbonyl (C=O) groups excluding carboxylic acids is 1. The molecule has 0 saturated heterocycles. The highest BCUT2D eigenvalue weighted by atomic mass is 16.1. The van der Waals surface area contributed by atoms with Gasteiger partial charge >= 0.3 is 0 Å². The molecule has 1 heterocycles. The minimum Gasteiger partial charge on any atom is -0.358 e. The first kappa shape index (κ1) is 11.0. The summed E-state index contributed by atoms with van der Waals surface area (Å²) in [5.74, 6) is 1.24. The zero-order valence-corrected chi connectivity index (χ0v) is 11.1. The maximum atomic E-state index is 12.3. The first-order chi connectivity index (χ1) is 9.24. The van der Waals surface area contributed by atoms with Gasteiger partial charge in [-0.1, -0.05) is 18.2 Å². The van der Waals surface area contributed by atoms with Crippen molar-refractivity contribution in [3.05, 3.63) is 41.1 Å². The van der Waals surface area contributed by atoms with Crippen LogP contribution in [0.25, 0.3) is 17.0 Å². The van der Waals surface area contributed by atoms with Crippen LogP contribution in [0, 0.1) is 18.8 Å². The van der Waals surface area contributed by atoms with Crippen LogP contribution in [0.2, 0.25) is 0 Å². The van der Waals surface area contributed by atoms with Gasteiger partial charge in [-0.25, -0.2) is 0 Å². The van der Waals surface area contributed by atoms with E-state index in [0.29, 0.717) is 17.6 Å². The van der Waals surface area contributed by atoms with Crippen molar-refractivity contribution < 1.29 is 4.79 Å². The number of fused-ring (bicyclic) bond motifs is 3. The van der Waals surface area contributed by atoms with Crippen LogP contribution in [0.3, 0.4) is 0 Å². The summed E-state index contributed by atoms with van der Waals surface area (Å²) in [6.45, 7) is 2.09. The van der Waals surface area contributed by atoms with E-state index in [2.05, 4.69) is 36.2 Å². The normalized spacial score (nSPS) is 27.8. The lowest BCUT2D eigenvalue weighted by Gasteiger charge is -2.12. The molecule has 2 heteroatoms. The van der Waals surface area contributed by atoms with Crippen molar-refractivity contribution in [3.8, 4) is 0 Å². The predicted molar refractivity (Wildman–Crippen MR) is 76.9 cm³/mol. The summed E-state index contributed by atoms with van der Waals surface area (Å²) in [4.78, 5) is 15.7. The summed E-state index contributed by atoms with van der Waals surface area (Å²) in [7, 11) is 0. The lowest BCUT2D eigenvalue weighted by molar-refractivity contribution is -0.118. The maximum absolute atomic E-state index is 12.3. The van der Waals surface area contributed by atoms with Gasteiger partial charge in [0.05, 0.1) is 0 Å². The molecule has 0 amide bonds. The topological polar surface area (TPSA) is 32.9 Å². The van der Waals surface area contributed by atoms with Crippen molar-refractivity contribution in [2.45, 2.75) is 26.2 Å². The molecule has 2 atom stereocenters. The third-order valence-electron chi connectivity index (χ3n) is 4.77. The number of ketones is 1. The maximum Gasteiger partial charge on any atom is 0.162 e. The molecule has 2 aliphatic carbocycles. The van der Waals surface area contributed by atoms with Crippen molar-refractivity contribution >= 4 is 22.8 Å². The van der Waals surface area contributed by atoms with E-state index in [4.69, 9.17) is 0 Å². The molecule has 96 valence electrons. The molecule has 0 spiro atoms. The molecule has 1 aromatic heterocycles. The summed E-state index contributed by atoms with van der Waals surface area (Å²) < 4.78 is 0. The number of carbonyl (C=O) groups is 1. The highest BCUT2D eigenvalue weighted by Gasteiger charge is 2.42. The van der Waals surface area contributed by atoms with Crippen LogP contribution < -0.4 is 0 Å². The summed E-state index contributed by atoms with van der Waals surface area (Å²) in [6, 6.07) is 8.31. The molecule has 1 aromatic carbocycles. The fourth-order valence-electron chi connectivity index (χ4n) is 3.77. The van der Waals surface area contributed by atoms with Gasteiger partial charge in [-0.3, -0.25) is 4.79 Å². The number of para-hydroxylation sites is 1. The minimum atomic E-state index is 0.321. The second-order valence-corrected chi connectivity index (χ2v) is 5.88. The molecule has 4 rings (SSSR count). The number of aromatic nitrogens is 1. The molecule has 2 saturated carbocycles. The average Bonchev–Trinajstić information content (AvgIpc) is 3.06. The molecular weight excluding hydrogens is 234 g/mol. The third-order valence-corrected chi connectivity index (χ3v) is 4.77. The number of hydrogen-bond donors (Lipinski definition) is 1. The lowest BCUT2D eigenvalue weighted by Crippen LogP contribution is -2.11. The number of aryl methyl sites for hydroxylation is 1. The van der Waals surface area contributed by atoms with E-state index in [1.165, 1.54) is 17.4 Å². The largest absolute Gasteiger partial charge is 0.358 e. The Morgan fingerprint density at radius 1 is 1.21 bits per heavy atom. The van der Waals surface area contributed by atoms with Crippen LogP contribution in [-0.4, -0.2) is 10.8 Å². The SMILES string of the molecule is Cc1[nH]c2ccccc2c1/C=C1/C(=O)[C@H]2CC[C@@H]1C2. The molecule has 1 N–H and O–H groups in total. The third kappa shape index (κ3) is 1.52. The Labute approximate surface area is 112 Å². The standard InChI is InChI=1S/C17H17NO/c1-10-14(13-4-2-3-5-16(13)18-10)9-15-11-6-7-12(8-11)17(15)19/h2-5,9,11-12,18H,6-8H2,1H3/b15-9+/t11-,12+/m1/s1. The average molecular weight is 251 g/mol. The predicted octanol–water partition coefficient (Wildman–Crippen LogP) is 3.86. The monoisotopic (exact) mass is 251 g/mol. The minimum absolute atomic E-state index is 0.321. The van der Waals surface area contributed by atoms with Gasteiger partial charge < -0.3 is 4.98 Å². The van der Waals surface area contributed by atoms with Crippen LogP contribution in [-0.2, 0) is 4.79 Å². The van der Waals surface area contributed by atoms with Crippen LogP contribution >= 0.6 is 0 Å². The highest BCUT2D eigenvalue weighted by molar-refractivity contribution is 6.06. The quantitative estimate of drug-likeness (QED) is 0.767. The van der Waals surface area contributed by atoms with E-state index < -0.39 is 0 Å². The lowest BCUT2D eigenvalue weighted by atomic mass is 9.91. The van der Waals surface area contributed by atoms with Crippen LogP contribution in [0.4, 0.5) is 0 Å². The Morgan fingerprint density at radius 3 is 2.79 bits per heavy atom. The number of aromatic amines is 1. The fraction of sp³-hybridized carbons (Fsp3) is 0.353. The van der Waals surface area contributed by atoms with Crippen molar-refractivity contribution in [3.63, 3.8) is 0 Å². The van der Waals surface area contributed by atoms with Gasteiger partial charge in [0.1, 0.15) is 0 Å². The van der Waals surface area contributed by atoms with Crippen LogP contribution in [0.15, 0.2) is 29.8 Å². The van der Waals surface area contributed by atoms with Crippen molar-refractivity contribution in [1.29, 1.82) is 0 Å². The number of rotatable bonds is 1. The molecule has 19 heavy (non-hydrogen) atoms. The Balaban J connectivity index is 1.88. The Morgan fingerprint density at radius 2 is 2.00 bits per heavy atom. The molecular formula is C17H17NO. The number of H-pyrrole nitrogens is 1. The Kier molecular flexibility index (Phi) is 2.22. The van der Waals surface area contributed by atoms with Crippen molar-refractivity contribution in [2.75, 3.05) is 0 Å². The number of Topliss-reactive ketones (excluding diaryl/α,β-unsaturated/α-hetero) is 1. The van der Waals surface area contributed by atoms with Gasteiger partial charge in [0.25, 0.3) is 0 Å². The zero-order valence-electron chi connectivity index (χ0n) is 11.1. The van der Waals surface area contributed by atoms with Gasteiger partial charge in [0.2, 0.25) is 0 Å². The van der Waals surface area contributed by atoms with Gasteiger partial charge in [0.15, 0.2) is 5.78 Å². The number of allylic oxidation sites excluding steroid dienone is 1. The highest BCUT2D eigenvalue weighted by Crippen LogP contribution is 2.46. The van der Waals surface area contributed by atoms with Crippen LogP contribution in [0.5, 0.6) is 0 Å². The molecule has 2 aromatic rings. The van der Waals surface area contributed by atoms with E-state index in [0.717, 1.165) is 29.6 Å². The summed E-state index contributed by atoms with van der Waals surface area (Å²) >= 11 is 0. The molecule has 2 aliphatic rings. The number of nitrogens with one attached hydrogen (secondary N) is 1. The first-order valence-corrected chi connectivity index (χ1v) is 7.07. The second kappa shape index (κ2) is 3.83.